The van der Waals surface area contributed by atoms with Gasteiger partial charge in [-0.25, -0.2) is 9.78 Å². The van der Waals surface area contributed by atoms with Gasteiger partial charge in [0.1, 0.15) is 5.69 Å². The van der Waals surface area contributed by atoms with Gasteiger partial charge in [0, 0.05) is 18.5 Å². The highest BCUT2D eigenvalue weighted by Crippen LogP contribution is 2.36. The number of nitrogens with zero attached hydrogens (tertiary/aromatic N) is 4. The zero-order valence-corrected chi connectivity index (χ0v) is 15.9. The molecule has 0 saturated carbocycles. The molecule has 0 radical (unpaired) electrons. The van der Waals surface area contributed by atoms with Gasteiger partial charge in [0.25, 0.3) is 5.91 Å². The monoisotopic (exact) mass is 434 g/mol. The molecule has 4 rings (SSSR count). The van der Waals surface area contributed by atoms with E-state index in [2.05, 4.69) is 15.1 Å². The van der Waals surface area contributed by atoms with Crippen LogP contribution in [0, 0.1) is 6.92 Å². The lowest BCUT2D eigenvalue weighted by atomic mass is 9.89. The summed E-state index contributed by atoms with van der Waals surface area (Å²) in [6.07, 6.45) is -3.36. The molecule has 0 aromatic carbocycles. The molecule has 2 aromatic heterocycles. The smallest absolute Gasteiger partial charge is 0.475 e. The van der Waals surface area contributed by atoms with E-state index in [1.54, 1.807) is 17.8 Å². The number of carbonyl (C=O) groups is 2. The van der Waals surface area contributed by atoms with Gasteiger partial charge in [-0.2, -0.15) is 18.2 Å². The van der Waals surface area contributed by atoms with Gasteiger partial charge < -0.3 is 19.3 Å². The third-order valence-electron chi connectivity index (χ3n) is 4.56. The van der Waals surface area contributed by atoms with Gasteiger partial charge in [-0.15, -0.1) is 11.3 Å². The molecule has 2 aliphatic rings. The topological polar surface area (TPSA) is 119 Å². The van der Waals surface area contributed by atoms with Crippen molar-refractivity contribution in [2.24, 2.45) is 0 Å². The first kappa shape index (κ1) is 21.2. The Kier molecular flexibility index (Phi) is 6.17. The van der Waals surface area contributed by atoms with E-state index in [0.717, 1.165) is 12.8 Å². The molecule has 13 heteroatoms. The number of fused-ring (bicyclic) bond motifs is 1. The molecule has 1 amide bonds. The maximum Gasteiger partial charge on any atom is 0.490 e. The molecular weight excluding hydrogens is 417 g/mol. The number of hydrogen-bond acceptors (Lipinski definition) is 8. The fraction of sp³-hybridized carbons (Fsp3) is 0.562. The largest absolute Gasteiger partial charge is 0.490 e. The molecule has 4 heterocycles. The SMILES string of the molecule is Cc1noc([C@@H]2C[C@H]3OCC[C@H]3N(C(=O)c3cscn3)C2)n1.O=C(O)C(F)(F)F. The van der Waals surface area contributed by atoms with Crippen molar-refractivity contribution in [3.8, 4) is 0 Å². The predicted molar refractivity (Wildman–Crippen MR) is 91.4 cm³/mol. The van der Waals surface area contributed by atoms with Crippen LogP contribution in [0.15, 0.2) is 15.4 Å². The summed E-state index contributed by atoms with van der Waals surface area (Å²) in [6.45, 7) is 3.05. The quantitative estimate of drug-likeness (QED) is 0.765. The Hall–Kier alpha value is -2.54. The summed E-state index contributed by atoms with van der Waals surface area (Å²) in [6, 6.07) is 0.120. The highest BCUT2D eigenvalue weighted by molar-refractivity contribution is 7.07. The standard InChI is InChI=1S/C14H16N4O3S.C2HF3O2/c1-8-16-13(21-17-8)9-4-12-11(2-3-20-12)18(5-9)14(19)10-6-22-7-15-10;3-2(4,5)1(6)7/h6-7,9,11-12H,2-5H2,1H3;(H,6,7)/t9-,11-,12-;/m1./s1. The zero-order chi connectivity index (χ0) is 21.2. The molecule has 2 fully saturated rings. The molecule has 9 nitrogen and oxygen atoms in total. The molecule has 0 bridgehead atoms. The highest BCUT2D eigenvalue weighted by atomic mass is 32.1. The second kappa shape index (κ2) is 8.45. The van der Waals surface area contributed by atoms with Gasteiger partial charge in [-0.1, -0.05) is 5.16 Å². The first-order chi connectivity index (χ1) is 13.7. The van der Waals surface area contributed by atoms with Gasteiger partial charge >= 0.3 is 12.1 Å². The number of rotatable bonds is 2. The summed E-state index contributed by atoms with van der Waals surface area (Å²) >= 11 is 1.43. The van der Waals surface area contributed by atoms with Crippen LogP contribution >= 0.6 is 11.3 Å². The van der Waals surface area contributed by atoms with Crippen LogP contribution in [0.4, 0.5) is 13.2 Å². The van der Waals surface area contributed by atoms with Crippen molar-refractivity contribution in [1.29, 1.82) is 0 Å². The molecule has 0 spiro atoms. The lowest BCUT2D eigenvalue weighted by Gasteiger charge is -2.39. The number of carboxylic acids is 1. The van der Waals surface area contributed by atoms with Crippen molar-refractivity contribution < 1.29 is 37.1 Å². The van der Waals surface area contributed by atoms with Crippen LogP contribution in [0.5, 0.6) is 0 Å². The molecule has 29 heavy (non-hydrogen) atoms. The van der Waals surface area contributed by atoms with Crippen LogP contribution in [0.3, 0.4) is 0 Å². The molecular formula is C16H17F3N4O5S. The fourth-order valence-electron chi connectivity index (χ4n) is 3.30. The summed E-state index contributed by atoms with van der Waals surface area (Å²) in [5, 5.41) is 12.8. The number of ether oxygens (including phenoxy) is 1. The maximum atomic E-state index is 12.7. The number of halogens is 3. The van der Waals surface area contributed by atoms with E-state index < -0.39 is 12.1 Å². The number of amides is 1. The van der Waals surface area contributed by atoms with Crippen molar-refractivity contribution in [2.75, 3.05) is 13.2 Å². The summed E-state index contributed by atoms with van der Waals surface area (Å²) in [5.74, 6) is -1.58. The Labute approximate surface area is 166 Å². The highest BCUT2D eigenvalue weighted by Gasteiger charge is 2.44. The number of carbonyl (C=O) groups excluding carboxylic acids is 1. The molecule has 1 N–H and O–H groups in total. The lowest BCUT2D eigenvalue weighted by Crippen LogP contribution is -2.51. The molecule has 2 saturated heterocycles. The third kappa shape index (κ3) is 4.90. The first-order valence-corrected chi connectivity index (χ1v) is 9.52. The predicted octanol–water partition coefficient (Wildman–Crippen LogP) is 2.26. The molecule has 0 aliphatic carbocycles. The summed E-state index contributed by atoms with van der Waals surface area (Å²) < 4.78 is 42.9. The summed E-state index contributed by atoms with van der Waals surface area (Å²) in [4.78, 5) is 32.0. The number of piperidine rings is 1. The Morgan fingerprint density at radius 3 is 2.66 bits per heavy atom. The van der Waals surface area contributed by atoms with Crippen LogP contribution in [0.1, 0.15) is 41.0 Å². The fourth-order valence-corrected chi connectivity index (χ4v) is 3.83. The number of aliphatic carboxylic acids is 1. The third-order valence-corrected chi connectivity index (χ3v) is 5.14. The van der Waals surface area contributed by atoms with Crippen molar-refractivity contribution in [1.82, 2.24) is 20.0 Å². The average Bonchev–Trinajstić information content (AvgIpc) is 3.41. The number of hydrogen-bond donors (Lipinski definition) is 1. The Balaban J connectivity index is 0.000000298. The Morgan fingerprint density at radius 2 is 2.10 bits per heavy atom. The molecule has 0 unspecified atom stereocenters. The van der Waals surface area contributed by atoms with Gasteiger partial charge in [0.15, 0.2) is 5.82 Å². The summed E-state index contributed by atoms with van der Waals surface area (Å²) in [5.41, 5.74) is 2.18. The lowest BCUT2D eigenvalue weighted by molar-refractivity contribution is -0.192. The second-order valence-corrected chi connectivity index (χ2v) is 7.23. The number of aryl methyl sites for hydroxylation is 1. The van der Waals surface area contributed by atoms with Crippen molar-refractivity contribution in [3.63, 3.8) is 0 Å². The van der Waals surface area contributed by atoms with Gasteiger partial charge in [-0.05, 0) is 19.8 Å². The van der Waals surface area contributed by atoms with Crippen molar-refractivity contribution in [2.45, 2.75) is 44.0 Å². The van der Waals surface area contributed by atoms with Crippen LogP contribution in [0.2, 0.25) is 0 Å². The average molecular weight is 434 g/mol. The van der Waals surface area contributed by atoms with Crippen molar-refractivity contribution >= 4 is 23.2 Å². The van der Waals surface area contributed by atoms with E-state index in [9.17, 15) is 18.0 Å². The van der Waals surface area contributed by atoms with E-state index in [1.165, 1.54) is 11.3 Å². The zero-order valence-electron chi connectivity index (χ0n) is 15.1. The minimum atomic E-state index is -5.08. The van der Waals surface area contributed by atoms with Crippen LogP contribution < -0.4 is 0 Å². The number of carboxylic acid groups (broad SMARTS) is 1. The second-order valence-electron chi connectivity index (χ2n) is 6.51. The summed E-state index contributed by atoms with van der Waals surface area (Å²) in [7, 11) is 0. The number of aromatic nitrogens is 3. The van der Waals surface area contributed by atoms with E-state index in [-0.39, 0.29) is 24.0 Å². The van der Waals surface area contributed by atoms with Crippen molar-refractivity contribution in [3.05, 3.63) is 28.3 Å². The minimum Gasteiger partial charge on any atom is -0.475 e. The Morgan fingerprint density at radius 1 is 1.38 bits per heavy atom. The van der Waals surface area contributed by atoms with E-state index in [0.29, 0.717) is 30.6 Å². The Bertz CT molecular complexity index is 857. The normalized spacial score (nSPS) is 23.9. The first-order valence-electron chi connectivity index (χ1n) is 8.58. The molecule has 2 aliphatic heterocycles. The number of alkyl halides is 3. The van der Waals surface area contributed by atoms with E-state index >= 15 is 0 Å². The minimum absolute atomic E-state index is 0.0168. The maximum absolute atomic E-state index is 12.7. The van der Waals surface area contributed by atoms with E-state index in [4.69, 9.17) is 19.2 Å². The number of thiazole rings is 1. The molecule has 2 aromatic rings. The van der Waals surface area contributed by atoms with Crippen LogP contribution in [-0.2, 0) is 9.53 Å². The van der Waals surface area contributed by atoms with Gasteiger partial charge in [-0.3, -0.25) is 4.79 Å². The van der Waals surface area contributed by atoms with E-state index in [1.807, 2.05) is 4.90 Å². The molecule has 3 atom stereocenters. The number of likely N-dealkylation sites (tertiary alicyclic amines) is 1. The molecule has 158 valence electrons. The van der Waals surface area contributed by atoms with Gasteiger partial charge in [0.2, 0.25) is 5.89 Å². The van der Waals surface area contributed by atoms with Gasteiger partial charge in [0.05, 0.1) is 23.6 Å². The van der Waals surface area contributed by atoms with Crippen LogP contribution in [0.25, 0.3) is 0 Å². The van der Waals surface area contributed by atoms with Crippen LogP contribution in [-0.4, -0.2) is 68.5 Å².